The van der Waals surface area contributed by atoms with E-state index in [0.717, 1.165) is 16.9 Å². The van der Waals surface area contributed by atoms with Crippen LogP contribution in [0.1, 0.15) is 11.1 Å². The summed E-state index contributed by atoms with van der Waals surface area (Å²) < 4.78 is 5.64. The van der Waals surface area contributed by atoms with Crippen molar-refractivity contribution in [3.05, 3.63) is 47.5 Å². The van der Waals surface area contributed by atoms with Crippen LogP contribution in [0.15, 0.2) is 36.4 Å². The van der Waals surface area contributed by atoms with E-state index in [4.69, 9.17) is 10.5 Å². The van der Waals surface area contributed by atoms with Crippen molar-refractivity contribution in [3.8, 4) is 11.5 Å². The minimum absolute atomic E-state index is 0.200. The van der Waals surface area contributed by atoms with Crippen LogP contribution >= 0.6 is 0 Å². The highest BCUT2D eigenvalue weighted by Crippen LogP contribution is 2.34. The molecule has 3 N–H and O–H groups in total. The third-order valence-electron chi connectivity index (χ3n) is 2.68. The molecule has 1 aromatic heterocycles. The Bertz CT molecular complexity index is 621. The molecule has 3 rings (SSSR count). The van der Waals surface area contributed by atoms with Crippen LogP contribution in [0.5, 0.6) is 11.5 Å². The van der Waals surface area contributed by atoms with E-state index in [0.29, 0.717) is 12.2 Å². The molecule has 1 aromatic carbocycles. The first-order chi connectivity index (χ1) is 8.70. The fourth-order valence-electron chi connectivity index (χ4n) is 1.84. The molecule has 1 aliphatic rings. The first kappa shape index (κ1) is 10.6. The molecule has 5 heteroatoms. The predicted octanol–water partition coefficient (Wildman–Crippen LogP) is 1.74. The van der Waals surface area contributed by atoms with E-state index in [-0.39, 0.29) is 11.7 Å². The summed E-state index contributed by atoms with van der Waals surface area (Å²) in [5, 5.41) is 9.37. The maximum atomic E-state index is 9.37. The van der Waals surface area contributed by atoms with Crippen molar-refractivity contribution in [1.82, 2.24) is 9.97 Å². The molecule has 0 saturated heterocycles. The first-order valence-corrected chi connectivity index (χ1v) is 5.48. The Morgan fingerprint density at radius 3 is 2.83 bits per heavy atom. The third-order valence-corrected chi connectivity index (χ3v) is 2.68. The second-order valence-electron chi connectivity index (χ2n) is 4.06. The number of aromatic nitrogens is 2. The zero-order chi connectivity index (χ0) is 12.5. The fraction of sp³-hybridized carbons (Fsp3) is 0.0769. The van der Waals surface area contributed by atoms with Crippen LogP contribution in [-0.2, 0) is 6.42 Å². The number of allylic oxidation sites excluding steroid dienone is 1. The molecule has 0 radical (unpaired) electrons. The van der Waals surface area contributed by atoms with E-state index in [1.807, 2.05) is 12.1 Å². The smallest absolute Gasteiger partial charge is 0.219 e. The number of phenolic OH excluding ortho intramolecular Hbond substituents is 1. The van der Waals surface area contributed by atoms with Crippen LogP contribution in [0.3, 0.4) is 0 Å². The zero-order valence-corrected chi connectivity index (χ0v) is 9.50. The lowest BCUT2D eigenvalue weighted by atomic mass is 10.1. The van der Waals surface area contributed by atoms with Gasteiger partial charge in [-0.2, -0.15) is 0 Å². The quantitative estimate of drug-likeness (QED) is 0.794. The minimum Gasteiger partial charge on any atom is -0.508 e. The van der Waals surface area contributed by atoms with Gasteiger partial charge in [-0.1, -0.05) is 6.07 Å². The summed E-state index contributed by atoms with van der Waals surface area (Å²) in [6.07, 6.45) is 5.83. The third kappa shape index (κ3) is 1.98. The molecule has 0 fully saturated rings. The zero-order valence-electron chi connectivity index (χ0n) is 9.50. The molecular weight excluding hydrogens is 230 g/mol. The van der Waals surface area contributed by atoms with Gasteiger partial charge in [-0.25, -0.2) is 9.97 Å². The number of nitrogen functional groups attached to an aromatic ring is 1. The molecule has 1 aliphatic heterocycles. The van der Waals surface area contributed by atoms with E-state index in [2.05, 4.69) is 9.97 Å². The molecular formula is C13H11N3O2. The molecule has 0 aliphatic carbocycles. The Hall–Kier alpha value is -2.56. The summed E-state index contributed by atoms with van der Waals surface area (Å²) in [7, 11) is 0. The Morgan fingerprint density at radius 1 is 1.28 bits per heavy atom. The number of nitrogens with zero attached hydrogens (tertiary/aromatic N) is 2. The Morgan fingerprint density at radius 2 is 2.06 bits per heavy atom. The summed E-state index contributed by atoms with van der Waals surface area (Å²) in [5.74, 6) is 1.94. The number of aromatic hydroxyl groups is 1. The van der Waals surface area contributed by atoms with Crippen molar-refractivity contribution < 1.29 is 9.84 Å². The highest BCUT2D eigenvalue weighted by Gasteiger charge is 2.17. The van der Waals surface area contributed by atoms with Crippen molar-refractivity contribution in [2.24, 2.45) is 0 Å². The average Bonchev–Trinajstić information content (AvgIpc) is 2.73. The lowest BCUT2D eigenvalue weighted by Crippen LogP contribution is -1.94. The molecule has 0 atom stereocenters. The number of anilines is 1. The fourth-order valence-corrected chi connectivity index (χ4v) is 1.84. The lowest BCUT2D eigenvalue weighted by molar-refractivity contribution is 0.440. The van der Waals surface area contributed by atoms with Gasteiger partial charge in [0.05, 0.1) is 0 Å². The SMILES string of the molecule is Nc1ncc(/C=C2/Cc3ccc(O)cc3O2)cn1. The van der Waals surface area contributed by atoms with Crippen LogP contribution in [0, 0.1) is 0 Å². The van der Waals surface area contributed by atoms with Gasteiger partial charge >= 0.3 is 0 Å². The normalized spacial score (nSPS) is 15.4. The molecule has 0 amide bonds. The maximum Gasteiger partial charge on any atom is 0.219 e. The number of rotatable bonds is 1. The summed E-state index contributed by atoms with van der Waals surface area (Å²) in [5.41, 5.74) is 7.30. The largest absolute Gasteiger partial charge is 0.508 e. The lowest BCUT2D eigenvalue weighted by Gasteiger charge is -2.00. The van der Waals surface area contributed by atoms with Gasteiger partial charge in [0.15, 0.2) is 0 Å². The molecule has 2 aromatic rings. The number of phenols is 1. The number of benzene rings is 1. The van der Waals surface area contributed by atoms with Gasteiger partial charge in [0.25, 0.3) is 0 Å². The molecule has 0 saturated carbocycles. The summed E-state index contributed by atoms with van der Waals surface area (Å²) in [6, 6.07) is 5.11. The Labute approximate surface area is 104 Å². The standard InChI is InChI=1S/C13H11N3O2/c14-13-15-6-8(7-16-13)3-11-4-9-1-2-10(17)5-12(9)18-11/h1-3,5-7,17H,4H2,(H2,14,15,16)/b11-3-. The summed E-state index contributed by atoms with van der Waals surface area (Å²) >= 11 is 0. The highest BCUT2D eigenvalue weighted by molar-refractivity contribution is 5.56. The van der Waals surface area contributed by atoms with Crippen molar-refractivity contribution in [1.29, 1.82) is 0 Å². The van der Waals surface area contributed by atoms with Gasteiger partial charge in [-0.3, -0.25) is 0 Å². The average molecular weight is 241 g/mol. The monoisotopic (exact) mass is 241 g/mol. The van der Waals surface area contributed by atoms with Crippen LogP contribution in [0.2, 0.25) is 0 Å². The van der Waals surface area contributed by atoms with Gasteiger partial charge in [0, 0.05) is 36.0 Å². The number of hydrogen-bond acceptors (Lipinski definition) is 5. The van der Waals surface area contributed by atoms with E-state index >= 15 is 0 Å². The van der Waals surface area contributed by atoms with E-state index in [1.165, 1.54) is 0 Å². The first-order valence-electron chi connectivity index (χ1n) is 5.48. The second-order valence-corrected chi connectivity index (χ2v) is 4.06. The minimum atomic E-state index is 0.200. The highest BCUT2D eigenvalue weighted by atomic mass is 16.5. The molecule has 2 heterocycles. The van der Waals surface area contributed by atoms with E-state index < -0.39 is 0 Å². The van der Waals surface area contributed by atoms with Gasteiger partial charge in [-0.15, -0.1) is 0 Å². The number of hydrogen-bond donors (Lipinski definition) is 2. The molecule has 90 valence electrons. The van der Waals surface area contributed by atoms with Gasteiger partial charge in [0.1, 0.15) is 17.3 Å². The van der Waals surface area contributed by atoms with Gasteiger partial charge < -0.3 is 15.6 Å². The van der Waals surface area contributed by atoms with E-state index in [9.17, 15) is 5.11 Å². The van der Waals surface area contributed by atoms with Crippen LogP contribution < -0.4 is 10.5 Å². The van der Waals surface area contributed by atoms with E-state index in [1.54, 1.807) is 24.5 Å². The molecule has 0 unspecified atom stereocenters. The topological polar surface area (TPSA) is 81.3 Å². The number of fused-ring (bicyclic) bond motifs is 1. The predicted molar refractivity (Wildman–Crippen MR) is 66.9 cm³/mol. The molecule has 0 bridgehead atoms. The molecule has 5 nitrogen and oxygen atoms in total. The van der Waals surface area contributed by atoms with Crippen LogP contribution in [0.25, 0.3) is 6.08 Å². The Kier molecular flexibility index (Phi) is 2.37. The van der Waals surface area contributed by atoms with Crippen molar-refractivity contribution in [3.63, 3.8) is 0 Å². The van der Waals surface area contributed by atoms with Crippen molar-refractivity contribution in [2.45, 2.75) is 6.42 Å². The number of ether oxygens (including phenoxy) is 1. The molecule has 18 heavy (non-hydrogen) atoms. The summed E-state index contributed by atoms with van der Waals surface area (Å²) in [6.45, 7) is 0. The number of nitrogens with two attached hydrogens (primary N) is 1. The van der Waals surface area contributed by atoms with Gasteiger partial charge in [0.2, 0.25) is 5.95 Å². The Balaban J connectivity index is 1.87. The van der Waals surface area contributed by atoms with Crippen molar-refractivity contribution in [2.75, 3.05) is 5.73 Å². The van der Waals surface area contributed by atoms with Crippen LogP contribution in [0.4, 0.5) is 5.95 Å². The molecule has 0 spiro atoms. The second kappa shape index (κ2) is 4.03. The van der Waals surface area contributed by atoms with Crippen LogP contribution in [-0.4, -0.2) is 15.1 Å². The summed E-state index contributed by atoms with van der Waals surface area (Å²) in [4.78, 5) is 7.82. The van der Waals surface area contributed by atoms with Gasteiger partial charge in [-0.05, 0) is 12.1 Å². The van der Waals surface area contributed by atoms with Crippen molar-refractivity contribution >= 4 is 12.0 Å². The maximum absolute atomic E-state index is 9.37.